The third kappa shape index (κ3) is 2.53. The summed E-state index contributed by atoms with van der Waals surface area (Å²) in [5.74, 6) is -0.757. The molecule has 0 saturated heterocycles. The maximum absolute atomic E-state index is 13.3. The number of carbonyl (C=O) groups is 1. The number of nitrogens with one attached hydrogen (secondary N) is 1. The third-order valence-electron chi connectivity index (χ3n) is 1.83. The van der Waals surface area contributed by atoms with Gasteiger partial charge in [0.2, 0.25) is 5.91 Å². The number of anilines is 1. The van der Waals surface area contributed by atoms with E-state index in [-0.39, 0.29) is 17.6 Å². The van der Waals surface area contributed by atoms with E-state index in [1.807, 2.05) is 0 Å². The van der Waals surface area contributed by atoms with Gasteiger partial charge in [0.05, 0.1) is 5.69 Å². The van der Waals surface area contributed by atoms with Crippen molar-refractivity contribution in [2.75, 3.05) is 5.32 Å². The van der Waals surface area contributed by atoms with Gasteiger partial charge in [-0.3, -0.25) is 4.79 Å². The average molecular weight is 196 g/mol. The van der Waals surface area contributed by atoms with Gasteiger partial charge < -0.3 is 11.1 Å². The van der Waals surface area contributed by atoms with E-state index in [0.717, 1.165) is 0 Å². The molecule has 0 heterocycles. The predicted octanol–water partition coefficient (Wildman–Crippen LogP) is 1.80. The molecule has 1 atom stereocenters. The third-order valence-corrected chi connectivity index (χ3v) is 1.83. The molecule has 1 aromatic carbocycles. The fourth-order valence-electron chi connectivity index (χ4n) is 1.11. The molecule has 0 fully saturated rings. The summed E-state index contributed by atoms with van der Waals surface area (Å²) in [5.41, 5.74) is 6.47. The van der Waals surface area contributed by atoms with Gasteiger partial charge in [-0.25, -0.2) is 4.39 Å². The van der Waals surface area contributed by atoms with Gasteiger partial charge in [0, 0.05) is 13.0 Å². The molecule has 1 aromatic rings. The lowest BCUT2D eigenvalue weighted by molar-refractivity contribution is -0.114. The van der Waals surface area contributed by atoms with Gasteiger partial charge in [-0.15, -0.1) is 0 Å². The van der Waals surface area contributed by atoms with Crippen molar-refractivity contribution in [1.29, 1.82) is 0 Å². The highest BCUT2D eigenvalue weighted by molar-refractivity contribution is 5.88. The van der Waals surface area contributed by atoms with Gasteiger partial charge in [0.25, 0.3) is 0 Å². The van der Waals surface area contributed by atoms with Crippen molar-refractivity contribution >= 4 is 11.6 Å². The highest BCUT2D eigenvalue weighted by atomic mass is 19.1. The van der Waals surface area contributed by atoms with Gasteiger partial charge in [-0.05, 0) is 24.6 Å². The van der Waals surface area contributed by atoms with Crippen LogP contribution in [-0.2, 0) is 4.79 Å². The lowest BCUT2D eigenvalue weighted by Crippen LogP contribution is -2.09. The first-order chi connectivity index (χ1) is 6.50. The second-order valence-corrected chi connectivity index (χ2v) is 3.21. The van der Waals surface area contributed by atoms with Crippen LogP contribution in [0.2, 0.25) is 0 Å². The van der Waals surface area contributed by atoms with E-state index in [1.165, 1.54) is 19.1 Å². The molecule has 0 radical (unpaired) electrons. The first kappa shape index (κ1) is 10.7. The van der Waals surface area contributed by atoms with Gasteiger partial charge in [0.15, 0.2) is 0 Å². The topological polar surface area (TPSA) is 55.1 Å². The van der Waals surface area contributed by atoms with E-state index in [4.69, 9.17) is 5.73 Å². The van der Waals surface area contributed by atoms with Gasteiger partial charge in [-0.1, -0.05) is 6.07 Å². The van der Waals surface area contributed by atoms with Crippen LogP contribution in [0.1, 0.15) is 25.5 Å². The van der Waals surface area contributed by atoms with Crippen LogP contribution in [-0.4, -0.2) is 5.91 Å². The van der Waals surface area contributed by atoms with Crippen LogP contribution in [0.3, 0.4) is 0 Å². The minimum atomic E-state index is -0.463. The molecule has 4 heteroatoms. The maximum Gasteiger partial charge on any atom is 0.221 e. The Kier molecular flexibility index (Phi) is 3.19. The number of hydrogen-bond acceptors (Lipinski definition) is 2. The predicted molar refractivity (Wildman–Crippen MR) is 53.3 cm³/mol. The number of nitrogens with two attached hydrogens (primary N) is 1. The highest BCUT2D eigenvalue weighted by Gasteiger charge is 2.06. The molecule has 3 N–H and O–H groups in total. The molecule has 1 amide bonds. The Balaban J connectivity index is 2.95. The summed E-state index contributed by atoms with van der Waals surface area (Å²) >= 11 is 0. The number of carbonyl (C=O) groups excluding carboxylic acids is 1. The zero-order chi connectivity index (χ0) is 10.7. The number of halogens is 1. The van der Waals surface area contributed by atoms with Crippen LogP contribution in [0, 0.1) is 5.82 Å². The van der Waals surface area contributed by atoms with Crippen LogP contribution in [0.25, 0.3) is 0 Å². The monoisotopic (exact) mass is 196 g/mol. The molecule has 76 valence electrons. The molecular weight excluding hydrogens is 183 g/mol. The largest absolute Gasteiger partial charge is 0.324 e. The molecule has 0 spiro atoms. The van der Waals surface area contributed by atoms with E-state index < -0.39 is 5.82 Å². The standard InChI is InChI=1S/C10H13FN2O/c1-6(12)8-3-4-10(9(11)5-8)13-7(2)14/h3-6H,12H2,1-2H3,(H,13,14)/t6-/m0/s1. The Morgan fingerprint density at radius 1 is 1.57 bits per heavy atom. The van der Waals surface area contributed by atoms with E-state index in [1.54, 1.807) is 13.0 Å². The molecule has 1 rings (SSSR count). The summed E-state index contributed by atoms with van der Waals surface area (Å²) in [5, 5.41) is 2.38. The van der Waals surface area contributed by atoms with Crippen LogP contribution in [0.15, 0.2) is 18.2 Å². The molecule has 0 aliphatic carbocycles. The van der Waals surface area contributed by atoms with Crippen molar-refractivity contribution in [3.63, 3.8) is 0 Å². The molecule has 0 bridgehead atoms. The summed E-state index contributed by atoms with van der Waals surface area (Å²) in [4.78, 5) is 10.7. The molecule has 0 aliphatic rings. The number of hydrogen-bond donors (Lipinski definition) is 2. The SMILES string of the molecule is CC(=O)Nc1ccc([C@H](C)N)cc1F. The van der Waals surface area contributed by atoms with Crippen LogP contribution < -0.4 is 11.1 Å². The number of rotatable bonds is 2. The van der Waals surface area contributed by atoms with Crippen molar-refractivity contribution in [2.45, 2.75) is 19.9 Å². The molecule has 0 saturated carbocycles. The Labute approximate surface area is 82.1 Å². The molecule has 0 aromatic heterocycles. The Bertz CT molecular complexity index is 350. The van der Waals surface area contributed by atoms with Crippen molar-refractivity contribution in [3.05, 3.63) is 29.6 Å². The van der Waals surface area contributed by atoms with Crippen LogP contribution in [0.5, 0.6) is 0 Å². The summed E-state index contributed by atoms with van der Waals surface area (Å²) in [6.45, 7) is 3.10. The van der Waals surface area contributed by atoms with Crippen molar-refractivity contribution in [3.8, 4) is 0 Å². The molecule has 0 unspecified atom stereocenters. The quantitative estimate of drug-likeness (QED) is 0.757. The second-order valence-electron chi connectivity index (χ2n) is 3.21. The van der Waals surface area contributed by atoms with E-state index in [9.17, 15) is 9.18 Å². The average Bonchev–Trinajstić information content (AvgIpc) is 2.07. The Morgan fingerprint density at radius 2 is 2.21 bits per heavy atom. The van der Waals surface area contributed by atoms with Gasteiger partial charge in [-0.2, -0.15) is 0 Å². The number of benzene rings is 1. The van der Waals surface area contributed by atoms with Gasteiger partial charge >= 0.3 is 0 Å². The van der Waals surface area contributed by atoms with Crippen molar-refractivity contribution in [2.24, 2.45) is 5.73 Å². The van der Waals surface area contributed by atoms with E-state index in [0.29, 0.717) is 5.56 Å². The number of amides is 1. The maximum atomic E-state index is 13.3. The molecule has 3 nitrogen and oxygen atoms in total. The fraction of sp³-hybridized carbons (Fsp3) is 0.300. The molecule has 14 heavy (non-hydrogen) atoms. The zero-order valence-corrected chi connectivity index (χ0v) is 8.17. The Morgan fingerprint density at radius 3 is 2.64 bits per heavy atom. The molecular formula is C10H13FN2O. The summed E-state index contributed by atoms with van der Waals surface area (Å²) in [7, 11) is 0. The van der Waals surface area contributed by atoms with E-state index >= 15 is 0 Å². The van der Waals surface area contributed by atoms with Crippen molar-refractivity contribution in [1.82, 2.24) is 0 Å². The normalized spacial score (nSPS) is 12.3. The minimum Gasteiger partial charge on any atom is -0.324 e. The van der Waals surface area contributed by atoms with Crippen molar-refractivity contribution < 1.29 is 9.18 Å². The smallest absolute Gasteiger partial charge is 0.221 e. The van der Waals surface area contributed by atoms with Crippen LogP contribution in [0.4, 0.5) is 10.1 Å². The second kappa shape index (κ2) is 4.19. The zero-order valence-electron chi connectivity index (χ0n) is 8.17. The summed E-state index contributed by atoms with van der Waals surface area (Å²) < 4.78 is 13.3. The Hall–Kier alpha value is -1.42. The minimum absolute atomic E-state index is 0.182. The van der Waals surface area contributed by atoms with E-state index in [2.05, 4.69) is 5.32 Å². The fourth-order valence-corrected chi connectivity index (χ4v) is 1.11. The lowest BCUT2D eigenvalue weighted by Gasteiger charge is -2.08. The van der Waals surface area contributed by atoms with Crippen LogP contribution >= 0.6 is 0 Å². The lowest BCUT2D eigenvalue weighted by atomic mass is 10.1. The first-order valence-electron chi connectivity index (χ1n) is 4.33. The first-order valence-corrected chi connectivity index (χ1v) is 4.33. The highest BCUT2D eigenvalue weighted by Crippen LogP contribution is 2.18. The summed E-state index contributed by atoms with van der Waals surface area (Å²) in [6, 6.07) is 4.32. The molecule has 0 aliphatic heterocycles. The van der Waals surface area contributed by atoms with Gasteiger partial charge in [0.1, 0.15) is 5.82 Å². The summed E-state index contributed by atoms with van der Waals surface area (Å²) in [6.07, 6.45) is 0.